The van der Waals surface area contributed by atoms with Crippen LogP contribution in [0, 0.1) is 5.82 Å². The van der Waals surface area contributed by atoms with Crippen molar-refractivity contribution in [3.8, 4) is 5.75 Å². The van der Waals surface area contributed by atoms with Crippen LogP contribution >= 0.6 is 43.6 Å². The topological polar surface area (TPSA) is 68.1 Å². The molecule has 1 N–H and O–H groups in total. The summed E-state index contributed by atoms with van der Waals surface area (Å²) in [6.45, 7) is 2.07. The van der Waals surface area contributed by atoms with E-state index in [1.165, 1.54) is 23.9 Å². The maximum absolute atomic E-state index is 13.5. The van der Waals surface area contributed by atoms with Crippen molar-refractivity contribution in [3.63, 3.8) is 0 Å². The first-order valence-electron chi connectivity index (χ1n) is 10.9. The van der Waals surface area contributed by atoms with Crippen molar-refractivity contribution >= 4 is 66.4 Å². The second kappa shape index (κ2) is 11.9. The summed E-state index contributed by atoms with van der Waals surface area (Å²) in [5.41, 5.74) is 2.13. The van der Waals surface area contributed by atoms with E-state index >= 15 is 0 Å². The van der Waals surface area contributed by atoms with E-state index in [9.17, 15) is 14.3 Å². The second-order valence-corrected chi connectivity index (χ2v) is 10.3. The van der Waals surface area contributed by atoms with Gasteiger partial charge in [-0.1, -0.05) is 42.1 Å². The molecular formula is C27H20Br2FNO4S. The lowest BCUT2D eigenvalue weighted by molar-refractivity contribution is -0.138. The van der Waals surface area contributed by atoms with Crippen molar-refractivity contribution in [2.75, 3.05) is 6.61 Å². The first-order valence-corrected chi connectivity index (χ1v) is 13.3. The van der Waals surface area contributed by atoms with Crippen LogP contribution < -0.4 is 4.74 Å². The van der Waals surface area contributed by atoms with E-state index in [0.29, 0.717) is 35.9 Å². The third-order valence-electron chi connectivity index (χ3n) is 4.95. The van der Waals surface area contributed by atoms with Crippen LogP contribution in [0.15, 0.2) is 96.9 Å². The van der Waals surface area contributed by atoms with Gasteiger partial charge in [-0.3, -0.25) is 0 Å². The zero-order valence-corrected chi connectivity index (χ0v) is 23.0. The molecule has 36 heavy (non-hydrogen) atoms. The molecule has 1 aliphatic heterocycles. The average molecular weight is 633 g/mol. The molecule has 0 aromatic heterocycles. The number of esters is 1. The molecule has 3 aromatic rings. The first kappa shape index (κ1) is 26.2. The van der Waals surface area contributed by atoms with Crippen LogP contribution in [0.4, 0.5) is 10.1 Å². The molecule has 1 aliphatic rings. The van der Waals surface area contributed by atoms with E-state index in [-0.39, 0.29) is 30.4 Å². The minimum absolute atomic E-state index is 0.0325. The highest BCUT2D eigenvalue weighted by molar-refractivity contribution is 9.11. The molecule has 5 nitrogen and oxygen atoms in total. The SMILES string of the molecule is CCOC(=O)C1=C(O)/C(=C/c2cc(Br)c(OCc3cccc(F)c3)c(Br)c2)SC1=Nc1ccccc1. The molecule has 0 amide bonds. The molecule has 184 valence electrons. The number of aliphatic imine (C=N–C) groups is 1. The van der Waals surface area contributed by atoms with E-state index < -0.39 is 5.97 Å². The molecule has 9 heteroatoms. The summed E-state index contributed by atoms with van der Waals surface area (Å²) in [5.74, 6) is -0.592. The summed E-state index contributed by atoms with van der Waals surface area (Å²) in [5, 5.41) is 11.3. The predicted molar refractivity (Wildman–Crippen MR) is 148 cm³/mol. The van der Waals surface area contributed by atoms with Crippen LogP contribution in [0.1, 0.15) is 18.1 Å². The van der Waals surface area contributed by atoms with E-state index in [4.69, 9.17) is 9.47 Å². The number of halogens is 3. The smallest absolute Gasteiger partial charge is 0.344 e. The normalized spacial score (nSPS) is 15.6. The fraction of sp³-hybridized carbons (Fsp3) is 0.111. The van der Waals surface area contributed by atoms with Crippen molar-refractivity contribution < 1.29 is 23.8 Å². The second-order valence-electron chi connectivity index (χ2n) is 7.54. The number of aliphatic hydroxyl groups excluding tert-OH is 1. The number of para-hydroxylation sites is 1. The summed E-state index contributed by atoms with van der Waals surface area (Å²) in [6, 6.07) is 19.0. The number of benzene rings is 3. The Morgan fingerprint density at radius 1 is 1.08 bits per heavy atom. The van der Waals surface area contributed by atoms with Crippen molar-refractivity contribution in [1.82, 2.24) is 0 Å². The molecule has 0 aliphatic carbocycles. The molecule has 0 saturated carbocycles. The molecular weight excluding hydrogens is 613 g/mol. The molecule has 0 saturated heterocycles. The molecule has 0 bridgehead atoms. The fourth-order valence-corrected chi connectivity index (χ4v) is 5.83. The van der Waals surface area contributed by atoms with E-state index in [1.54, 1.807) is 25.1 Å². The Morgan fingerprint density at radius 3 is 2.47 bits per heavy atom. The number of carbonyl (C=O) groups is 1. The molecule has 4 rings (SSSR count). The number of rotatable bonds is 7. The minimum atomic E-state index is -0.635. The van der Waals surface area contributed by atoms with E-state index in [2.05, 4.69) is 36.9 Å². The standard InChI is InChI=1S/C27H20Br2FNO4S/c1-2-34-27(33)23-24(32)22(36-26(23)31-19-9-4-3-5-10-19)14-17-12-20(28)25(21(29)13-17)35-15-16-7-6-8-18(30)11-16/h3-14,32H,2,15H2,1H3/b22-14-,31-26?. The van der Waals surface area contributed by atoms with Gasteiger partial charge in [-0.2, -0.15) is 0 Å². The van der Waals surface area contributed by atoms with E-state index in [0.717, 1.165) is 5.56 Å². The van der Waals surface area contributed by atoms with Gasteiger partial charge in [0.2, 0.25) is 0 Å². The van der Waals surface area contributed by atoms with Crippen LogP contribution in [0.3, 0.4) is 0 Å². The molecule has 0 radical (unpaired) electrons. The van der Waals surface area contributed by atoms with Gasteiger partial charge in [0.05, 0.1) is 26.1 Å². The van der Waals surface area contributed by atoms with Crippen LogP contribution in [0.25, 0.3) is 6.08 Å². The Kier molecular flexibility index (Phi) is 8.66. The molecule has 0 unspecified atom stereocenters. The van der Waals surface area contributed by atoms with Crippen LogP contribution in [0.5, 0.6) is 5.75 Å². The van der Waals surface area contributed by atoms with Gasteiger partial charge >= 0.3 is 5.97 Å². The predicted octanol–water partition coefficient (Wildman–Crippen LogP) is 8.12. The lowest BCUT2D eigenvalue weighted by Gasteiger charge is -2.12. The number of thioether (sulfide) groups is 1. The molecule has 0 atom stereocenters. The van der Waals surface area contributed by atoms with Crippen LogP contribution in [0.2, 0.25) is 0 Å². The van der Waals surface area contributed by atoms with Crippen LogP contribution in [-0.4, -0.2) is 22.7 Å². The number of hydrogen-bond acceptors (Lipinski definition) is 6. The molecule has 1 heterocycles. The highest BCUT2D eigenvalue weighted by Crippen LogP contribution is 2.42. The number of ether oxygens (including phenoxy) is 2. The highest BCUT2D eigenvalue weighted by Gasteiger charge is 2.33. The van der Waals surface area contributed by atoms with Gasteiger partial charge in [-0.25, -0.2) is 14.2 Å². The Hall–Kier alpha value is -2.88. The summed E-state index contributed by atoms with van der Waals surface area (Å²) in [4.78, 5) is 17.6. The quantitative estimate of drug-likeness (QED) is 0.266. The summed E-state index contributed by atoms with van der Waals surface area (Å²) < 4.78 is 25.8. The Labute approximate surface area is 229 Å². The average Bonchev–Trinajstić information content (AvgIpc) is 3.13. The first-order chi connectivity index (χ1) is 17.4. The lowest BCUT2D eigenvalue weighted by atomic mass is 10.1. The molecule has 0 fully saturated rings. The van der Waals surface area contributed by atoms with Gasteiger partial charge in [-0.05, 0) is 92.4 Å². The Morgan fingerprint density at radius 2 is 1.81 bits per heavy atom. The van der Waals surface area contributed by atoms with Crippen molar-refractivity contribution in [3.05, 3.63) is 109 Å². The minimum Gasteiger partial charge on any atom is -0.506 e. The zero-order valence-electron chi connectivity index (χ0n) is 19.0. The van der Waals surface area contributed by atoms with Gasteiger partial charge in [0, 0.05) is 0 Å². The van der Waals surface area contributed by atoms with Gasteiger partial charge in [0.1, 0.15) is 34.5 Å². The number of nitrogens with zero attached hydrogens (tertiary/aromatic N) is 1. The number of carbonyl (C=O) groups excluding carboxylic acids is 1. The maximum Gasteiger partial charge on any atom is 0.344 e. The third-order valence-corrected chi connectivity index (χ3v) is 7.15. The lowest BCUT2D eigenvalue weighted by Crippen LogP contribution is -2.12. The number of aliphatic hydroxyl groups is 1. The van der Waals surface area contributed by atoms with Crippen molar-refractivity contribution in [2.24, 2.45) is 4.99 Å². The molecule has 0 spiro atoms. The largest absolute Gasteiger partial charge is 0.506 e. The van der Waals surface area contributed by atoms with Crippen LogP contribution in [-0.2, 0) is 16.1 Å². The zero-order chi connectivity index (χ0) is 25.7. The monoisotopic (exact) mass is 631 g/mol. The maximum atomic E-state index is 13.5. The summed E-state index contributed by atoms with van der Waals surface area (Å²) in [7, 11) is 0. The Balaban J connectivity index is 1.63. The van der Waals surface area contributed by atoms with Gasteiger partial charge in [0.25, 0.3) is 0 Å². The third kappa shape index (κ3) is 6.27. The fourth-order valence-electron chi connectivity index (χ4n) is 3.35. The van der Waals surface area contributed by atoms with Gasteiger partial charge in [-0.15, -0.1) is 0 Å². The Bertz CT molecular complexity index is 1370. The van der Waals surface area contributed by atoms with E-state index in [1.807, 2.05) is 42.5 Å². The van der Waals surface area contributed by atoms with Gasteiger partial charge in [0.15, 0.2) is 0 Å². The summed E-state index contributed by atoms with van der Waals surface area (Å²) in [6.07, 6.45) is 1.75. The number of hydrogen-bond donors (Lipinski definition) is 1. The van der Waals surface area contributed by atoms with Crippen molar-refractivity contribution in [1.29, 1.82) is 0 Å². The summed E-state index contributed by atoms with van der Waals surface area (Å²) >= 11 is 8.23. The molecule has 3 aromatic carbocycles. The van der Waals surface area contributed by atoms with Crippen molar-refractivity contribution in [2.45, 2.75) is 13.5 Å². The highest BCUT2D eigenvalue weighted by atomic mass is 79.9. The van der Waals surface area contributed by atoms with Gasteiger partial charge < -0.3 is 14.6 Å².